The van der Waals surface area contributed by atoms with E-state index in [1.165, 1.54) is 4.31 Å². The summed E-state index contributed by atoms with van der Waals surface area (Å²) < 4.78 is 45.3. The van der Waals surface area contributed by atoms with Gasteiger partial charge >= 0.3 is 0 Å². The van der Waals surface area contributed by atoms with Crippen LogP contribution in [0.5, 0.6) is 17.2 Å². The molecule has 1 atom stereocenters. The summed E-state index contributed by atoms with van der Waals surface area (Å²) in [6.07, 6.45) is 1.40. The Kier molecular flexibility index (Phi) is 8.18. The summed E-state index contributed by atoms with van der Waals surface area (Å²) in [5.74, 6) is 2.01. The molecule has 2 aliphatic rings. The molecule has 10 heteroatoms. The van der Waals surface area contributed by atoms with Crippen LogP contribution in [0.15, 0.2) is 35.2 Å². The minimum absolute atomic E-state index is 0.00489. The summed E-state index contributed by atoms with van der Waals surface area (Å²) in [4.78, 5) is 16.8. The van der Waals surface area contributed by atoms with Gasteiger partial charge in [-0.15, -0.1) is 0 Å². The van der Waals surface area contributed by atoms with E-state index >= 15 is 0 Å². The number of carbonyl (C=O) groups is 1. The van der Waals surface area contributed by atoms with Crippen LogP contribution in [-0.2, 0) is 27.8 Å². The maximum Gasteiger partial charge on any atom is 0.243 e. The number of amides is 1. The van der Waals surface area contributed by atoms with Crippen LogP contribution in [0.25, 0.3) is 0 Å². The fraction of sp³-hybridized carbons (Fsp3) is 0.519. The van der Waals surface area contributed by atoms with Gasteiger partial charge in [0.2, 0.25) is 15.9 Å². The van der Waals surface area contributed by atoms with Crippen LogP contribution in [-0.4, -0.2) is 77.6 Å². The number of anilines is 1. The molecule has 0 aliphatic carbocycles. The molecule has 0 bridgehead atoms. The fourth-order valence-corrected chi connectivity index (χ4v) is 6.38. The number of methoxy groups -OCH3 is 3. The van der Waals surface area contributed by atoms with Crippen molar-refractivity contribution in [2.45, 2.75) is 38.1 Å². The molecule has 9 nitrogen and oxygen atoms in total. The average Bonchev–Trinajstić information content (AvgIpc) is 2.94. The molecule has 1 saturated heterocycles. The number of rotatable bonds is 8. The van der Waals surface area contributed by atoms with Crippen molar-refractivity contribution in [3.05, 3.63) is 41.5 Å². The number of hydrogen-bond acceptors (Lipinski definition) is 7. The average molecular weight is 532 g/mol. The minimum atomic E-state index is -3.75. The Morgan fingerprint density at radius 1 is 0.892 bits per heavy atom. The van der Waals surface area contributed by atoms with Gasteiger partial charge in [0.1, 0.15) is 5.75 Å². The van der Waals surface area contributed by atoms with E-state index in [0.717, 1.165) is 23.2 Å². The first kappa shape index (κ1) is 27.1. The molecule has 202 valence electrons. The van der Waals surface area contributed by atoms with Gasteiger partial charge in [0.05, 0.1) is 31.9 Å². The molecule has 0 saturated carbocycles. The van der Waals surface area contributed by atoms with Gasteiger partial charge < -0.3 is 24.0 Å². The maximum absolute atomic E-state index is 13.7. The predicted octanol–water partition coefficient (Wildman–Crippen LogP) is 3.15. The molecule has 0 spiro atoms. The number of nitrogens with zero attached hydrogens (tertiary/aromatic N) is 3. The summed E-state index contributed by atoms with van der Waals surface area (Å²) in [6.45, 7) is 7.02. The van der Waals surface area contributed by atoms with Gasteiger partial charge in [-0.25, -0.2) is 8.42 Å². The highest BCUT2D eigenvalue weighted by Gasteiger charge is 2.31. The Bertz CT molecular complexity index is 1240. The van der Waals surface area contributed by atoms with Crippen LogP contribution < -0.4 is 19.1 Å². The zero-order valence-corrected chi connectivity index (χ0v) is 23.1. The normalized spacial score (nSPS) is 17.2. The van der Waals surface area contributed by atoms with Crippen molar-refractivity contribution in [1.82, 2.24) is 9.21 Å². The summed E-state index contributed by atoms with van der Waals surface area (Å²) in [5, 5.41) is 0. The van der Waals surface area contributed by atoms with Gasteiger partial charge in [0.25, 0.3) is 0 Å². The van der Waals surface area contributed by atoms with E-state index in [1.807, 2.05) is 30.9 Å². The number of ether oxygens (including phenoxy) is 3. The SMILES string of the molecule is CCC(C)C(=O)N1CCN(c2cc(S(=O)(=O)N3CCc4cc(OC)c(OC)cc4C3)ccc2OC)CC1. The second kappa shape index (κ2) is 11.2. The first-order chi connectivity index (χ1) is 17.7. The molecule has 37 heavy (non-hydrogen) atoms. The van der Waals surface area contributed by atoms with Crippen molar-refractivity contribution < 1.29 is 27.4 Å². The van der Waals surface area contributed by atoms with Gasteiger partial charge in [-0.3, -0.25) is 4.79 Å². The molecule has 1 fully saturated rings. The Hall–Kier alpha value is -2.98. The van der Waals surface area contributed by atoms with Crippen molar-refractivity contribution in [2.75, 3.05) is 59.0 Å². The summed E-state index contributed by atoms with van der Waals surface area (Å²) in [6, 6.07) is 8.80. The zero-order valence-electron chi connectivity index (χ0n) is 22.3. The maximum atomic E-state index is 13.7. The highest BCUT2D eigenvalue weighted by atomic mass is 32.2. The lowest BCUT2D eigenvalue weighted by atomic mass is 10.0. The standard InChI is InChI=1S/C27H37N3O6S/c1-6-19(2)27(31)29-13-11-28(12-14-29)23-17-22(7-8-24(23)34-3)37(32,33)30-10-9-20-15-25(35-4)26(36-5)16-21(20)18-30/h7-8,15-17,19H,6,9-14,18H2,1-5H3. The molecule has 0 aromatic heterocycles. The summed E-state index contributed by atoms with van der Waals surface area (Å²) in [5.41, 5.74) is 2.69. The smallest absolute Gasteiger partial charge is 0.243 e. The van der Waals surface area contributed by atoms with Gasteiger partial charge in [0.15, 0.2) is 11.5 Å². The highest BCUT2D eigenvalue weighted by Crippen LogP contribution is 2.36. The van der Waals surface area contributed by atoms with Gasteiger partial charge in [0, 0.05) is 45.2 Å². The number of piperazine rings is 1. The number of hydrogen-bond donors (Lipinski definition) is 0. The van der Waals surface area contributed by atoms with Crippen LogP contribution in [0.1, 0.15) is 31.4 Å². The van der Waals surface area contributed by atoms with Gasteiger partial charge in [-0.1, -0.05) is 13.8 Å². The molecule has 0 N–H and O–H groups in total. The monoisotopic (exact) mass is 531 g/mol. The molecule has 0 radical (unpaired) electrons. The van der Waals surface area contributed by atoms with Crippen molar-refractivity contribution in [3.8, 4) is 17.2 Å². The van der Waals surface area contributed by atoms with Gasteiger partial charge in [-0.2, -0.15) is 4.31 Å². The predicted molar refractivity (Wildman–Crippen MR) is 142 cm³/mol. The first-order valence-electron chi connectivity index (χ1n) is 12.7. The van der Waals surface area contributed by atoms with Crippen molar-refractivity contribution in [2.24, 2.45) is 5.92 Å². The largest absolute Gasteiger partial charge is 0.495 e. The summed E-state index contributed by atoms with van der Waals surface area (Å²) >= 11 is 0. The fourth-order valence-electron chi connectivity index (χ4n) is 4.94. The van der Waals surface area contributed by atoms with E-state index < -0.39 is 10.0 Å². The number of carbonyl (C=O) groups excluding carboxylic acids is 1. The number of benzene rings is 2. The van der Waals surface area contributed by atoms with Crippen molar-refractivity contribution in [3.63, 3.8) is 0 Å². The Morgan fingerprint density at radius 3 is 2.11 bits per heavy atom. The molecule has 2 aliphatic heterocycles. The second-order valence-electron chi connectivity index (χ2n) is 9.52. The van der Waals surface area contributed by atoms with E-state index in [-0.39, 0.29) is 23.3 Å². The van der Waals surface area contributed by atoms with Crippen LogP contribution in [0.2, 0.25) is 0 Å². The van der Waals surface area contributed by atoms with E-state index in [2.05, 4.69) is 4.90 Å². The third-order valence-corrected chi connectivity index (χ3v) is 9.28. The lowest BCUT2D eigenvalue weighted by Gasteiger charge is -2.37. The van der Waals surface area contributed by atoms with Gasteiger partial charge in [-0.05, 0) is 54.3 Å². The lowest BCUT2D eigenvalue weighted by molar-refractivity contribution is -0.135. The topological polar surface area (TPSA) is 88.6 Å². The third-order valence-electron chi connectivity index (χ3n) is 7.44. The molecular formula is C27H37N3O6S. The minimum Gasteiger partial charge on any atom is -0.495 e. The third kappa shape index (κ3) is 5.36. The molecule has 2 heterocycles. The quantitative estimate of drug-likeness (QED) is 0.517. The Balaban J connectivity index is 1.56. The van der Waals surface area contributed by atoms with Crippen LogP contribution in [0.3, 0.4) is 0 Å². The first-order valence-corrected chi connectivity index (χ1v) is 14.1. The van der Waals surface area contributed by atoms with Crippen LogP contribution in [0, 0.1) is 5.92 Å². The molecule has 2 aromatic rings. The van der Waals surface area contributed by atoms with E-state index in [4.69, 9.17) is 14.2 Å². The highest BCUT2D eigenvalue weighted by molar-refractivity contribution is 7.89. The molecular weight excluding hydrogens is 494 g/mol. The van der Waals surface area contributed by atoms with E-state index in [9.17, 15) is 13.2 Å². The number of sulfonamides is 1. The summed E-state index contributed by atoms with van der Waals surface area (Å²) in [7, 11) is 0.994. The molecule has 2 aromatic carbocycles. The molecule has 1 amide bonds. The Labute approximate surface area is 219 Å². The Morgan fingerprint density at radius 2 is 1.51 bits per heavy atom. The molecule has 4 rings (SSSR count). The zero-order chi connectivity index (χ0) is 26.7. The van der Waals surface area contributed by atoms with E-state index in [1.54, 1.807) is 39.5 Å². The molecule has 1 unspecified atom stereocenters. The van der Waals surface area contributed by atoms with Crippen molar-refractivity contribution in [1.29, 1.82) is 0 Å². The number of fused-ring (bicyclic) bond motifs is 1. The van der Waals surface area contributed by atoms with Crippen LogP contribution in [0.4, 0.5) is 5.69 Å². The van der Waals surface area contributed by atoms with Crippen molar-refractivity contribution >= 4 is 21.6 Å². The second-order valence-corrected chi connectivity index (χ2v) is 11.5. The van der Waals surface area contributed by atoms with Crippen LogP contribution >= 0.6 is 0 Å². The van der Waals surface area contributed by atoms with E-state index in [0.29, 0.717) is 56.4 Å². The lowest BCUT2D eigenvalue weighted by Crippen LogP contribution is -2.50.